The Morgan fingerprint density at radius 1 is 1.69 bits per heavy atom. The summed E-state index contributed by atoms with van der Waals surface area (Å²) < 4.78 is 30.5. The summed E-state index contributed by atoms with van der Waals surface area (Å²) in [6.45, 7) is 0. The second-order valence-electron chi connectivity index (χ2n) is 2.84. The highest BCUT2D eigenvalue weighted by molar-refractivity contribution is 14.1. The van der Waals surface area contributed by atoms with Crippen LogP contribution in [-0.2, 0) is 16.0 Å². The van der Waals surface area contributed by atoms with Crippen molar-refractivity contribution in [2.45, 2.75) is 12.8 Å². The molecule has 0 amide bonds. The van der Waals surface area contributed by atoms with Gasteiger partial charge < -0.3 is 4.74 Å². The Hall–Kier alpha value is -0.310. The number of carbonyl (C=O) groups excluding carboxylic acids is 1. The van der Waals surface area contributed by atoms with Crippen LogP contribution in [0.2, 0.25) is 0 Å². The van der Waals surface area contributed by atoms with E-state index >= 15 is 0 Å². The van der Waals surface area contributed by atoms with Crippen LogP contribution >= 0.6 is 38.5 Å². The van der Waals surface area contributed by atoms with Crippen molar-refractivity contribution in [1.29, 1.82) is 0 Å². The van der Waals surface area contributed by atoms with Crippen LogP contribution in [0.15, 0.2) is 10.5 Å². The number of aromatic nitrogens is 1. The molecule has 1 rings (SSSR count). The Balaban J connectivity index is 3.11. The SMILES string of the molecule is COC(=O)Cc1nc(C(F)F)cc(Br)c1I. The highest BCUT2D eigenvalue weighted by atomic mass is 127. The van der Waals surface area contributed by atoms with Gasteiger partial charge in [-0.15, -0.1) is 0 Å². The average molecular weight is 406 g/mol. The number of hydrogen-bond acceptors (Lipinski definition) is 3. The van der Waals surface area contributed by atoms with Gasteiger partial charge in [-0.05, 0) is 44.6 Å². The van der Waals surface area contributed by atoms with Gasteiger partial charge in [-0.1, -0.05) is 0 Å². The molecule has 0 atom stereocenters. The molecule has 0 unspecified atom stereocenters. The van der Waals surface area contributed by atoms with Crippen LogP contribution in [0, 0.1) is 3.57 Å². The van der Waals surface area contributed by atoms with Gasteiger partial charge in [-0.25, -0.2) is 8.78 Å². The van der Waals surface area contributed by atoms with Crippen LogP contribution in [0.4, 0.5) is 8.78 Å². The third kappa shape index (κ3) is 3.34. The van der Waals surface area contributed by atoms with Gasteiger partial charge in [-0.2, -0.15) is 0 Å². The van der Waals surface area contributed by atoms with E-state index in [2.05, 4.69) is 25.7 Å². The lowest BCUT2D eigenvalue weighted by molar-refractivity contribution is -0.139. The van der Waals surface area contributed by atoms with Crippen molar-refractivity contribution in [2.75, 3.05) is 7.11 Å². The van der Waals surface area contributed by atoms with Gasteiger partial charge in [0.25, 0.3) is 6.43 Å². The Morgan fingerprint density at radius 3 is 2.81 bits per heavy atom. The minimum Gasteiger partial charge on any atom is -0.469 e. The summed E-state index contributed by atoms with van der Waals surface area (Å²) in [4.78, 5) is 14.8. The molecule has 0 spiro atoms. The van der Waals surface area contributed by atoms with E-state index in [4.69, 9.17) is 0 Å². The molecule has 1 aromatic heterocycles. The molecular weight excluding hydrogens is 399 g/mol. The minimum atomic E-state index is -2.66. The topological polar surface area (TPSA) is 39.2 Å². The number of hydrogen-bond donors (Lipinski definition) is 0. The monoisotopic (exact) mass is 405 g/mol. The Morgan fingerprint density at radius 2 is 2.31 bits per heavy atom. The van der Waals surface area contributed by atoms with Gasteiger partial charge in [0.05, 0.1) is 19.2 Å². The standard InChI is InChI=1S/C9H7BrF2INO2/c1-16-7(15)3-5-8(13)4(10)2-6(14-5)9(11)12/h2,9H,3H2,1H3. The second-order valence-corrected chi connectivity index (χ2v) is 4.78. The molecule has 0 aliphatic rings. The molecule has 0 saturated carbocycles. The lowest BCUT2D eigenvalue weighted by Crippen LogP contribution is -2.09. The Kier molecular flexibility index (Phi) is 5.03. The molecule has 0 radical (unpaired) electrons. The lowest BCUT2D eigenvalue weighted by Gasteiger charge is -2.07. The molecule has 0 N–H and O–H groups in total. The molecule has 0 saturated heterocycles. The fourth-order valence-corrected chi connectivity index (χ4v) is 1.94. The van der Waals surface area contributed by atoms with E-state index < -0.39 is 12.4 Å². The van der Waals surface area contributed by atoms with Crippen molar-refractivity contribution >= 4 is 44.5 Å². The summed E-state index contributed by atoms with van der Waals surface area (Å²) in [7, 11) is 1.24. The number of ether oxygens (including phenoxy) is 1. The van der Waals surface area contributed by atoms with E-state index in [1.807, 2.05) is 22.6 Å². The van der Waals surface area contributed by atoms with Gasteiger partial charge in [0.1, 0.15) is 5.69 Å². The Bertz CT molecular complexity index is 415. The largest absolute Gasteiger partial charge is 0.469 e. The van der Waals surface area contributed by atoms with Crippen molar-refractivity contribution in [1.82, 2.24) is 4.98 Å². The maximum atomic E-state index is 12.5. The van der Waals surface area contributed by atoms with Crippen LogP contribution in [0.3, 0.4) is 0 Å². The zero-order valence-corrected chi connectivity index (χ0v) is 11.9. The molecule has 0 aliphatic heterocycles. The third-order valence-electron chi connectivity index (χ3n) is 1.76. The van der Waals surface area contributed by atoms with E-state index in [0.717, 1.165) is 0 Å². The average Bonchev–Trinajstić information content (AvgIpc) is 2.23. The molecule has 0 fully saturated rings. The van der Waals surface area contributed by atoms with E-state index in [1.165, 1.54) is 13.2 Å². The predicted molar refractivity (Wildman–Crippen MR) is 65.3 cm³/mol. The molecule has 1 heterocycles. The van der Waals surface area contributed by atoms with Gasteiger partial charge in [0.2, 0.25) is 0 Å². The first-order valence-electron chi connectivity index (χ1n) is 4.15. The lowest BCUT2D eigenvalue weighted by atomic mass is 10.2. The first kappa shape index (κ1) is 13.8. The number of carbonyl (C=O) groups is 1. The summed E-state index contributed by atoms with van der Waals surface area (Å²) in [5.74, 6) is -0.510. The highest BCUT2D eigenvalue weighted by Crippen LogP contribution is 2.27. The van der Waals surface area contributed by atoms with E-state index in [9.17, 15) is 13.6 Å². The van der Waals surface area contributed by atoms with Gasteiger partial charge >= 0.3 is 5.97 Å². The van der Waals surface area contributed by atoms with E-state index in [1.54, 1.807) is 0 Å². The first-order valence-corrected chi connectivity index (χ1v) is 6.02. The van der Waals surface area contributed by atoms with Gasteiger partial charge in [-0.3, -0.25) is 9.78 Å². The number of pyridine rings is 1. The van der Waals surface area contributed by atoms with Crippen LogP contribution in [0.1, 0.15) is 17.8 Å². The number of halogens is 4. The third-order valence-corrected chi connectivity index (χ3v) is 4.34. The molecule has 0 bridgehead atoms. The number of rotatable bonds is 3. The number of methoxy groups -OCH3 is 1. The van der Waals surface area contributed by atoms with Gasteiger partial charge in [0, 0.05) is 8.04 Å². The summed E-state index contributed by atoms with van der Waals surface area (Å²) >= 11 is 5.08. The summed E-state index contributed by atoms with van der Waals surface area (Å²) in [5, 5.41) is 0. The van der Waals surface area contributed by atoms with Crippen LogP contribution in [-0.4, -0.2) is 18.1 Å². The van der Waals surface area contributed by atoms with Crippen LogP contribution in [0.5, 0.6) is 0 Å². The maximum Gasteiger partial charge on any atom is 0.311 e. The van der Waals surface area contributed by atoms with Crippen molar-refractivity contribution in [3.63, 3.8) is 0 Å². The summed E-state index contributed by atoms with van der Waals surface area (Å²) in [5.41, 5.74) is -0.0664. The first-order chi connectivity index (χ1) is 7.45. The number of nitrogens with zero attached hydrogens (tertiary/aromatic N) is 1. The smallest absolute Gasteiger partial charge is 0.311 e. The van der Waals surface area contributed by atoms with Crippen molar-refractivity contribution in [3.05, 3.63) is 25.5 Å². The fraction of sp³-hybridized carbons (Fsp3) is 0.333. The molecule has 0 aromatic carbocycles. The molecule has 0 aliphatic carbocycles. The zero-order chi connectivity index (χ0) is 12.3. The van der Waals surface area contributed by atoms with E-state index in [0.29, 0.717) is 8.04 Å². The normalized spacial score (nSPS) is 10.6. The predicted octanol–water partition coefficient (Wildman–Crippen LogP) is 3.10. The highest BCUT2D eigenvalue weighted by Gasteiger charge is 2.17. The number of esters is 1. The summed E-state index contributed by atoms with van der Waals surface area (Å²) in [6.07, 6.45) is -2.78. The molecule has 88 valence electrons. The molecule has 7 heteroatoms. The van der Waals surface area contributed by atoms with Crippen LogP contribution < -0.4 is 0 Å². The van der Waals surface area contributed by atoms with Crippen LogP contribution in [0.25, 0.3) is 0 Å². The zero-order valence-electron chi connectivity index (χ0n) is 8.14. The second kappa shape index (κ2) is 5.85. The van der Waals surface area contributed by atoms with E-state index in [-0.39, 0.29) is 17.8 Å². The molecule has 3 nitrogen and oxygen atoms in total. The maximum absolute atomic E-state index is 12.5. The summed E-state index contributed by atoms with van der Waals surface area (Å²) in [6, 6.07) is 1.24. The van der Waals surface area contributed by atoms with Crippen molar-refractivity contribution < 1.29 is 18.3 Å². The molecular formula is C9H7BrF2INO2. The molecule has 16 heavy (non-hydrogen) atoms. The molecule has 1 aromatic rings. The quantitative estimate of drug-likeness (QED) is 0.573. The number of alkyl halides is 2. The Labute approximate surface area is 113 Å². The minimum absolute atomic E-state index is 0.117. The van der Waals surface area contributed by atoms with Gasteiger partial charge in [0.15, 0.2) is 0 Å². The van der Waals surface area contributed by atoms with Crippen molar-refractivity contribution in [2.24, 2.45) is 0 Å². The van der Waals surface area contributed by atoms with Crippen molar-refractivity contribution in [3.8, 4) is 0 Å². The fourth-order valence-electron chi connectivity index (χ4n) is 1.01.